The molecule has 0 unspecified atom stereocenters. The third-order valence-electron chi connectivity index (χ3n) is 4.50. The first-order valence-electron chi connectivity index (χ1n) is 11.8. The molecule has 40 heavy (non-hydrogen) atoms. The lowest BCUT2D eigenvalue weighted by atomic mass is 10.2. The molecular formula is C24H32Cl2N10O4. The van der Waals surface area contributed by atoms with Gasteiger partial charge < -0.3 is 43.8 Å². The second kappa shape index (κ2) is 18.7. The number of carboxylic acids is 2. The molecule has 216 valence electrons. The minimum atomic E-state index is -1.82. The molecule has 0 aromatic heterocycles. The smallest absolute Gasteiger partial charge is 0.414 e. The Hall–Kier alpha value is -4.56. The molecule has 0 amide bonds. The van der Waals surface area contributed by atoms with E-state index in [1.165, 1.54) is 0 Å². The normalized spacial score (nSPS) is 12.2. The van der Waals surface area contributed by atoms with E-state index in [0.717, 1.165) is 37.1 Å². The summed E-state index contributed by atoms with van der Waals surface area (Å²) in [6.45, 7) is 1.12. The van der Waals surface area contributed by atoms with E-state index in [4.69, 9.17) is 65.9 Å². The van der Waals surface area contributed by atoms with Gasteiger partial charge in [0.05, 0.1) is 0 Å². The average molecular weight is 595 g/mol. The van der Waals surface area contributed by atoms with Gasteiger partial charge in [0.1, 0.15) is 0 Å². The first kappa shape index (κ1) is 33.5. The van der Waals surface area contributed by atoms with E-state index in [0.29, 0.717) is 23.1 Å². The first-order valence-corrected chi connectivity index (χ1v) is 12.5. The van der Waals surface area contributed by atoms with Crippen molar-refractivity contribution in [3.8, 4) is 0 Å². The lowest BCUT2D eigenvalue weighted by Crippen LogP contribution is -2.26. The van der Waals surface area contributed by atoms with Gasteiger partial charge in [0.15, 0.2) is 0 Å². The summed E-state index contributed by atoms with van der Waals surface area (Å²) < 4.78 is 0. The molecule has 0 aliphatic rings. The maximum Gasteiger partial charge on any atom is 0.414 e. The fourth-order valence-corrected chi connectivity index (χ4v) is 2.95. The van der Waals surface area contributed by atoms with Gasteiger partial charge >= 0.3 is 11.9 Å². The van der Waals surface area contributed by atoms with Crippen molar-refractivity contribution in [2.45, 2.75) is 25.7 Å². The zero-order valence-electron chi connectivity index (χ0n) is 21.4. The highest BCUT2D eigenvalue weighted by atomic mass is 35.5. The number of carbonyl (C=O) groups is 2. The monoisotopic (exact) mass is 594 g/mol. The molecule has 2 aromatic rings. The number of nitrogens with zero attached hydrogens (tertiary/aromatic N) is 4. The van der Waals surface area contributed by atoms with Gasteiger partial charge in [-0.25, -0.2) is 9.59 Å². The largest absolute Gasteiger partial charge is 0.473 e. The van der Waals surface area contributed by atoms with Gasteiger partial charge in [-0.05, 0) is 61.4 Å². The number of anilines is 2. The number of guanidine groups is 4. The van der Waals surface area contributed by atoms with Gasteiger partial charge in [0, 0.05) is 34.5 Å². The third kappa shape index (κ3) is 16.3. The van der Waals surface area contributed by atoms with Crippen molar-refractivity contribution in [1.29, 1.82) is 0 Å². The van der Waals surface area contributed by atoms with Crippen LogP contribution in [0.25, 0.3) is 0 Å². The van der Waals surface area contributed by atoms with Crippen LogP contribution in [-0.4, -0.2) is 59.1 Å². The molecule has 2 rings (SSSR count). The summed E-state index contributed by atoms with van der Waals surface area (Å²) >= 11 is 11.7. The molecule has 0 radical (unpaired) electrons. The molecule has 12 N–H and O–H groups in total. The van der Waals surface area contributed by atoms with Crippen LogP contribution in [-0.2, 0) is 9.59 Å². The molecule has 0 atom stereocenters. The van der Waals surface area contributed by atoms with Crippen molar-refractivity contribution in [3.05, 3.63) is 58.6 Å². The van der Waals surface area contributed by atoms with Gasteiger partial charge in [-0.15, -0.1) is 0 Å². The number of aliphatic carboxylic acids is 2. The number of hydrogen-bond acceptors (Lipinski definition) is 4. The summed E-state index contributed by atoms with van der Waals surface area (Å²) in [6, 6.07) is 14.1. The van der Waals surface area contributed by atoms with Crippen molar-refractivity contribution in [3.63, 3.8) is 0 Å². The lowest BCUT2D eigenvalue weighted by molar-refractivity contribution is -0.159. The van der Waals surface area contributed by atoms with Crippen LogP contribution in [0.3, 0.4) is 0 Å². The van der Waals surface area contributed by atoms with Gasteiger partial charge in [0.25, 0.3) is 0 Å². The van der Waals surface area contributed by atoms with Crippen LogP contribution in [0, 0.1) is 0 Å². The number of aliphatic imine (C=N–C) groups is 4. The van der Waals surface area contributed by atoms with E-state index in [2.05, 4.69) is 30.6 Å². The molecule has 0 heterocycles. The van der Waals surface area contributed by atoms with Crippen molar-refractivity contribution < 1.29 is 19.8 Å². The summed E-state index contributed by atoms with van der Waals surface area (Å²) in [5.41, 5.74) is 24.8. The lowest BCUT2D eigenvalue weighted by Gasteiger charge is -2.05. The third-order valence-corrected chi connectivity index (χ3v) is 5.00. The van der Waals surface area contributed by atoms with Gasteiger partial charge in [0.2, 0.25) is 23.8 Å². The minimum absolute atomic E-state index is 0.124. The Morgan fingerprint density at radius 2 is 0.950 bits per heavy atom. The number of unbranched alkanes of at least 4 members (excludes halogenated alkanes) is 3. The molecule has 16 heteroatoms. The summed E-state index contributed by atoms with van der Waals surface area (Å²) in [4.78, 5) is 34.7. The fraction of sp³-hybridized carbons (Fsp3) is 0.250. The van der Waals surface area contributed by atoms with E-state index >= 15 is 0 Å². The molecule has 2 aromatic carbocycles. The zero-order valence-corrected chi connectivity index (χ0v) is 22.9. The molecule has 0 saturated carbocycles. The standard InChI is InChI=1S/C22H30Cl2N10.C2H2O4/c23-15-5-9-17(10-6-15)31-21(27)33-19(25)29-13-3-1-2-4-14-30-20(26)34-22(28)32-18-11-7-16(24)8-12-18;3-1(4)2(5)6/h5-12H,1-4,13-14H2,(H5,25,27,29,31,33)(H5,26,28,30,32,34);(H,3,4)(H,5,6). The number of hydrogen-bond donors (Lipinski definition) is 8. The van der Waals surface area contributed by atoms with Crippen molar-refractivity contribution in [1.82, 2.24) is 0 Å². The average Bonchev–Trinajstić information content (AvgIpc) is 2.88. The van der Waals surface area contributed by atoms with Crippen LogP contribution < -0.4 is 33.6 Å². The molecule has 0 aliphatic carbocycles. The van der Waals surface area contributed by atoms with Gasteiger partial charge in [-0.3, -0.25) is 9.98 Å². The quantitative estimate of drug-likeness (QED) is 0.0909. The Balaban J connectivity index is 0.00000120. The van der Waals surface area contributed by atoms with Crippen molar-refractivity contribution in [2.75, 3.05) is 23.7 Å². The van der Waals surface area contributed by atoms with Gasteiger partial charge in [-0.2, -0.15) is 9.98 Å². The van der Waals surface area contributed by atoms with Crippen LogP contribution in [0.5, 0.6) is 0 Å². The van der Waals surface area contributed by atoms with E-state index in [-0.39, 0.29) is 23.8 Å². The van der Waals surface area contributed by atoms with Crippen LogP contribution >= 0.6 is 23.2 Å². The molecule has 0 saturated heterocycles. The second-order valence-electron chi connectivity index (χ2n) is 7.76. The van der Waals surface area contributed by atoms with Crippen LogP contribution in [0.4, 0.5) is 11.4 Å². The van der Waals surface area contributed by atoms with Crippen LogP contribution in [0.1, 0.15) is 25.7 Å². The van der Waals surface area contributed by atoms with Gasteiger partial charge in [-0.1, -0.05) is 36.0 Å². The molecule has 0 spiro atoms. The predicted octanol–water partition coefficient (Wildman–Crippen LogP) is 2.49. The molecule has 14 nitrogen and oxygen atoms in total. The number of halogens is 2. The number of benzene rings is 2. The summed E-state index contributed by atoms with van der Waals surface area (Å²) in [6.07, 6.45) is 3.68. The predicted molar refractivity (Wildman–Crippen MR) is 160 cm³/mol. The molecule has 0 aliphatic heterocycles. The Morgan fingerprint density at radius 1 is 0.625 bits per heavy atom. The van der Waals surface area contributed by atoms with Crippen LogP contribution in [0.2, 0.25) is 10.0 Å². The fourth-order valence-electron chi connectivity index (χ4n) is 2.70. The van der Waals surface area contributed by atoms with E-state index in [1.54, 1.807) is 48.5 Å². The Bertz CT molecular complexity index is 1120. The SMILES string of the molecule is NC(=NCCCCCCN=C(N)/N=C(\N)Nc1ccc(Cl)cc1)/N=C(\N)Nc1ccc(Cl)cc1.O=C(O)C(=O)O. The van der Waals surface area contributed by atoms with E-state index in [1.807, 2.05) is 0 Å². The Kier molecular flexibility index (Phi) is 15.6. The number of rotatable bonds is 9. The zero-order chi connectivity index (χ0) is 29.9. The maximum atomic E-state index is 9.10. The topological polar surface area (TPSA) is 252 Å². The number of nitrogens with two attached hydrogens (primary N) is 4. The highest BCUT2D eigenvalue weighted by molar-refractivity contribution is 6.31. The van der Waals surface area contributed by atoms with E-state index < -0.39 is 11.9 Å². The van der Waals surface area contributed by atoms with Crippen molar-refractivity contribution in [2.24, 2.45) is 42.9 Å². The molecule has 0 bridgehead atoms. The Labute approximate surface area is 240 Å². The maximum absolute atomic E-state index is 9.10. The number of nitrogens with one attached hydrogen (secondary N) is 2. The van der Waals surface area contributed by atoms with Crippen molar-refractivity contribution >= 4 is 70.4 Å². The molecular weight excluding hydrogens is 563 g/mol. The Morgan fingerprint density at radius 3 is 1.25 bits per heavy atom. The highest BCUT2D eigenvalue weighted by Gasteiger charge is 2.04. The summed E-state index contributed by atoms with van der Waals surface area (Å²) in [7, 11) is 0. The summed E-state index contributed by atoms with van der Waals surface area (Å²) in [5, 5.41) is 21.9. The summed E-state index contributed by atoms with van der Waals surface area (Å²) in [5.74, 6) is -3.08. The minimum Gasteiger partial charge on any atom is -0.473 e. The highest BCUT2D eigenvalue weighted by Crippen LogP contribution is 2.13. The number of carboxylic acid groups (broad SMARTS) is 2. The first-order chi connectivity index (χ1) is 19.0. The second-order valence-corrected chi connectivity index (χ2v) is 8.64. The van der Waals surface area contributed by atoms with E-state index in [9.17, 15) is 0 Å². The van der Waals surface area contributed by atoms with Crippen LogP contribution in [0.15, 0.2) is 68.5 Å². The molecule has 0 fully saturated rings.